The first kappa shape index (κ1) is 31.1. The molecule has 4 aromatic rings. The average molecular weight is 661 g/mol. The first-order valence-electron chi connectivity index (χ1n) is 14.2. The van der Waals surface area contributed by atoms with Crippen LogP contribution in [0.1, 0.15) is 16.7 Å². The molecule has 1 amide bonds. The number of aromatic nitrogens is 2. The molecule has 2 aromatic heterocycles. The van der Waals surface area contributed by atoms with Crippen LogP contribution in [-0.4, -0.2) is 76.7 Å². The maximum atomic E-state index is 15.2. The van der Waals surface area contributed by atoms with E-state index in [-0.39, 0.29) is 38.5 Å². The number of ether oxygens (including phenoxy) is 3. The zero-order chi connectivity index (χ0) is 32.6. The van der Waals surface area contributed by atoms with Crippen molar-refractivity contribution in [2.24, 2.45) is 0 Å². The van der Waals surface area contributed by atoms with Gasteiger partial charge < -0.3 is 19.1 Å². The minimum Gasteiger partial charge on any atom is -0.497 e. The number of pyridine rings is 2. The first-order valence-corrected chi connectivity index (χ1v) is 16.0. The number of carbonyl (C=O) groups is 1. The summed E-state index contributed by atoms with van der Waals surface area (Å²) in [6.45, 7) is 1.70. The summed E-state index contributed by atoms with van der Waals surface area (Å²) in [5.41, 5.74) is 0.131. The van der Waals surface area contributed by atoms with Crippen molar-refractivity contribution < 1.29 is 27.4 Å². The van der Waals surface area contributed by atoms with Gasteiger partial charge in [-0.1, -0.05) is 11.6 Å². The number of methoxy groups -OCH3 is 3. The highest BCUT2D eigenvalue weighted by Crippen LogP contribution is 2.53. The molecule has 0 bridgehead atoms. The molecule has 1 saturated heterocycles. The van der Waals surface area contributed by atoms with E-state index in [2.05, 4.69) is 20.9 Å². The Balaban J connectivity index is 1.59. The van der Waals surface area contributed by atoms with E-state index in [1.807, 2.05) is 17.0 Å². The summed E-state index contributed by atoms with van der Waals surface area (Å²) in [6.07, 6.45) is 3.42. The van der Waals surface area contributed by atoms with Crippen molar-refractivity contribution in [2.75, 3.05) is 56.7 Å². The number of halogens is 1. The second-order valence-electron chi connectivity index (χ2n) is 10.5. The van der Waals surface area contributed by atoms with Gasteiger partial charge in [-0.2, -0.15) is 5.26 Å². The van der Waals surface area contributed by atoms with Crippen molar-refractivity contribution in [2.45, 2.75) is 10.4 Å². The number of benzene rings is 2. The van der Waals surface area contributed by atoms with E-state index >= 15 is 4.79 Å². The zero-order valence-electron chi connectivity index (χ0n) is 25.2. The Morgan fingerprint density at radius 2 is 1.63 bits per heavy atom. The summed E-state index contributed by atoms with van der Waals surface area (Å²) >= 11 is 6.27. The number of sulfonamides is 1. The predicted molar refractivity (Wildman–Crippen MR) is 170 cm³/mol. The van der Waals surface area contributed by atoms with E-state index in [4.69, 9.17) is 25.8 Å². The van der Waals surface area contributed by atoms with Gasteiger partial charge in [-0.15, -0.1) is 0 Å². The van der Waals surface area contributed by atoms with E-state index in [0.717, 1.165) is 9.99 Å². The van der Waals surface area contributed by atoms with Crippen molar-refractivity contribution >= 4 is 38.9 Å². The van der Waals surface area contributed by atoms with Crippen molar-refractivity contribution in [3.05, 3.63) is 94.9 Å². The lowest BCUT2D eigenvalue weighted by Crippen LogP contribution is -2.60. The van der Waals surface area contributed by atoms with E-state index in [9.17, 15) is 13.7 Å². The molecule has 12 nitrogen and oxygen atoms in total. The molecule has 1 fully saturated rings. The van der Waals surface area contributed by atoms with Crippen LogP contribution in [0.3, 0.4) is 0 Å². The standard InChI is InChI=1S/C32H29ClN6O6S/c1-43-23-5-8-28(27(19-23)44-2)46(41,42)39-26-7-4-21(20-34)18-25(26)32(31(39)40,24-6-9-29(33)36-30(24)45-3)38-16-14-37(15-17-38)22-10-12-35-13-11-22/h4-13,18-19H,14-17H2,1-3H3. The van der Waals surface area contributed by atoms with Crippen LogP contribution in [0.2, 0.25) is 5.15 Å². The number of hydrogen-bond donors (Lipinski definition) is 0. The molecular formula is C32H29ClN6O6S. The molecule has 1 unspecified atom stereocenters. The van der Waals surface area contributed by atoms with E-state index in [1.165, 1.54) is 57.7 Å². The lowest BCUT2D eigenvalue weighted by molar-refractivity contribution is -0.127. The molecular weight excluding hydrogens is 632 g/mol. The lowest BCUT2D eigenvalue weighted by atomic mass is 9.81. The number of fused-ring (bicyclic) bond motifs is 1. The largest absolute Gasteiger partial charge is 0.497 e. The van der Waals surface area contributed by atoms with Gasteiger partial charge in [0, 0.05) is 61.5 Å². The van der Waals surface area contributed by atoms with Crippen molar-refractivity contribution in [1.29, 1.82) is 5.26 Å². The highest BCUT2D eigenvalue weighted by molar-refractivity contribution is 7.93. The van der Waals surface area contributed by atoms with Gasteiger partial charge in [0.05, 0.1) is 38.6 Å². The zero-order valence-corrected chi connectivity index (χ0v) is 26.7. The predicted octanol–water partition coefficient (Wildman–Crippen LogP) is 3.83. The highest BCUT2D eigenvalue weighted by atomic mass is 35.5. The fourth-order valence-corrected chi connectivity index (χ4v) is 7.95. The van der Waals surface area contributed by atoms with Gasteiger partial charge in [0.2, 0.25) is 5.88 Å². The number of carbonyl (C=O) groups excluding carboxylic acids is 1. The molecule has 1 atom stereocenters. The molecule has 4 heterocycles. The molecule has 0 N–H and O–H groups in total. The summed E-state index contributed by atoms with van der Waals surface area (Å²) in [4.78, 5) is 27.6. The molecule has 2 aromatic carbocycles. The van der Waals surface area contributed by atoms with Crippen molar-refractivity contribution in [3.8, 4) is 23.4 Å². The SMILES string of the molecule is COc1ccc(S(=O)(=O)N2C(=O)C(c3ccc(Cl)nc3OC)(N3CCN(c4ccncc4)CC3)c3cc(C#N)ccc32)c(OC)c1. The number of nitrogens with zero attached hydrogens (tertiary/aromatic N) is 6. The average Bonchev–Trinajstić information content (AvgIpc) is 3.36. The fraction of sp³-hybridized carbons (Fsp3) is 0.250. The number of piperazine rings is 1. The Morgan fingerprint density at radius 1 is 0.891 bits per heavy atom. The van der Waals surface area contributed by atoms with E-state index in [1.54, 1.807) is 24.5 Å². The third-order valence-corrected chi connectivity index (χ3v) is 10.3. The Bertz CT molecular complexity index is 1960. The third kappa shape index (κ3) is 4.86. The van der Waals surface area contributed by atoms with Gasteiger partial charge in [-0.05, 0) is 54.6 Å². The summed E-state index contributed by atoms with van der Waals surface area (Å²) in [5, 5.41) is 10.1. The quantitative estimate of drug-likeness (QED) is 0.255. The Labute approximate surface area is 271 Å². The van der Waals surface area contributed by atoms with Crippen LogP contribution in [0, 0.1) is 11.3 Å². The van der Waals surface area contributed by atoms with Crippen LogP contribution in [0.4, 0.5) is 11.4 Å². The molecule has 14 heteroatoms. The normalized spacial score (nSPS) is 18.2. The van der Waals surface area contributed by atoms with Gasteiger partial charge in [0.15, 0.2) is 5.54 Å². The van der Waals surface area contributed by atoms with Gasteiger partial charge in [0.1, 0.15) is 21.5 Å². The number of nitriles is 1. The Morgan fingerprint density at radius 3 is 2.28 bits per heavy atom. The molecule has 0 aliphatic carbocycles. The van der Waals surface area contributed by atoms with E-state index in [0.29, 0.717) is 37.5 Å². The number of amides is 1. The molecule has 0 radical (unpaired) electrons. The smallest absolute Gasteiger partial charge is 0.274 e. The van der Waals surface area contributed by atoms with Gasteiger partial charge in [0.25, 0.3) is 15.9 Å². The highest BCUT2D eigenvalue weighted by Gasteiger charge is 2.61. The molecule has 2 aliphatic heterocycles. The minimum absolute atomic E-state index is 0.00319. The fourth-order valence-electron chi connectivity index (χ4n) is 6.21. The van der Waals surface area contributed by atoms with Gasteiger partial charge in [-0.25, -0.2) is 17.7 Å². The third-order valence-electron chi connectivity index (χ3n) is 8.31. The summed E-state index contributed by atoms with van der Waals surface area (Å²) < 4.78 is 46.4. The molecule has 236 valence electrons. The molecule has 6 rings (SSSR count). The number of anilines is 2. The van der Waals surface area contributed by atoms with Crippen LogP contribution in [0.5, 0.6) is 17.4 Å². The summed E-state index contributed by atoms with van der Waals surface area (Å²) in [7, 11) is -0.408. The van der Waals surface area contributed by atoms with Crippen LogP contribution < -0.4 is 23.4 Å². The molecule has 0 saturated carbocycles. The number of hydrogen-bond acceptors (Lipinski definition) is 11. The van der Waals surface area contributed by atoms with Crippen LogP contribution in [-0.2, 0) is 20.4 Å². The summed E-state index contributed by atoms with van der Waals surface area (Å²) in [5.74, 6) is -0.361. The summed E-state index contributed by atoms with van der Waals surface area (Å²) in [6, 6.07) is 17.9. The molecule has 0 spiro atoms. The number of rotatable bonds is 8. The lowest BCUT2D eigenvalue weighted by Gasteiger charge is -2.45. The van der Waals surface area contributed by atoms with Gasteiger partial charge >= 0.3 is 0 Å². The second-order valence-corrected chi connectivity index (χ2v) is 12.7. The maximum Gasteiger partial charge on any atom is 0.274 e. The topological polar surface area (TPSA) is 138 Å². The minimum atomic E-state index is -4.60. The van der Waals surface area contributed by atoms with Crippen molar-refractivity contribution in [3.63, 3.8) is 0 Å². The molecule has 2 aliphatic rings. The van der Waals surface area contributed by atoms with Crippen LogP contribution in [0.15, 0.2) is 78.0 Å². The second kappa shape index (κ2) is 12.1. The van der Waals surface area contributed by atoms with E-state index < -0.39 is 21.5 Å². The monoisotopic (exact) mass is 660 g/mol. The van der Waals surface area contributed by atoms with Gasteiger partial charge in [-0.3, -0.25) is 14.7 Å². The molecule has 46 heavy (non-hydrogen) atoms. The Kier molecular flexibility index (Phi) is 8.20. The maximum absolute atomic E-state index is 15.2. The Hall–Kier alpha value is -4.90. The van der Waals surface area contributed by atoms with Crippen LogP contribution >= 0.6 is 11.6 Å². The first-order chi connectivity index (χ1) is 22.2. The van der Waals surface area contributed by atoms with Crippen molar-refractivity contribution in [1.82, 2.24) is 14.9 Å². The van der Waals surface area contributed by atoms with Crippen LogP contribution in [0.25, 0.3) is 0 Å².